The van der Waals surface area contributed by atoms with Crippen LogP contribution in [0, 0.1) is 6.92 Å². The maximum Gasteiger partial charge on any atom is 0.310 e. The number of aryl methyl sites for hydroxylation is 1. The molecule has 0 saturated heterocycles. The Bertz CT molecular complexity index is 331. The summed E-state index contributed by atoms with van der Waals surface area (Å²) in [4.78, 5) is 11.0. The summed E-state index contributed by atoms with van der Waals surface area (Å²) < 4.78 is 5.01. The van der Waals surface area contributed by atoms with Crippen molar-refractivity contribution in [3.05, 3.63) is 29.3 Å². The van der Waals surface area contributed by atoms with E-state index in [0.717, 1.165) is 11.1 Å². The Morgan fingerprint density at radius 1 is 1.50 bits per heavy atom. The van der Waals surface area contributed by atoms with Crippen LogP contribution in [0.5, 0.6) is 5.75 Å². The van der Waals surface area contributed by atoms with E-state index in [-0.39, 0.29) is 12.6 Å². The van der Waals surface area contributed by atoms with E-state index in [1.165, 1.54) is 0 Å². The minimum atomic E-state index is -0.266. The van der Waals surface area contributed by atoms with Crippen molar-refractivity contribution >= 4 is 5.97 Å². The van der Waals surface area contributed by atoms with E-state index in [1.807, 2.05) is 13.0 Å². The first-order valence-corrected chi connectivity index (χ1v) is 4.58. The van der Waals surface area contributed by atoms with Crippen molar-refractivity contribution in [3.63, 3.8) is 0 Å². The molecule has 0 amide bonds. The first-order chi connectivity index (χ1) is 6.67. The number of esters is 1. The monoisotopic (exact) mass is 194 g/mol. The van der Waals surface area contributed by atoms with Gasteiger partial charge in [0, 0.05) is 6.42 Å². The van der Waals surface area contributed by atoms with Gasteiger partial charge >= 0.3 is 5.97 Å². The van der Waals surface area contributed by atoms with Crippen LogP contribution in [-0.4, -0.2) is 11.1 Å². The Kier molecular flexibility index (Phi) is 3.65. The van der Waals surface area contributed by atoms with Gasteiger partial charge in [0.05, 0.1) is 6.61 Å². The summed E-state index contributed by atoms with van der Waals surface area (Å²) in [5.74, 6) is 0.226. The van der Waals surface area contributed by atoms with E-state index >= 15 is 0 Å². The van der Waals surface area contributed by atoms with Crippen LogP contribution in [0.15, 0.2) is 18.2 Å². The summed E-state index contributed by atoms with van der Waals surface area (Å²) in [5.41, 5.74) is 1.77. The number of hydrogen-bond acceptors (Lipinski definition) is 3. The van der Waals surface area contributed by atoms with Gasteiger partial charge < -0.3 is 9.84 Å². The molecule has 0 unspecified atom stereocenters. The van der Waals surface area contributed by atoms with Gasteiger partial charge in [0.15, 0.2) is 0 Å². The molecule has 0 radical (unpaired) electrons. The van der Waals surface area contributed by atoms with Crippen LogP contribution in [0.25, 0.3) is 0 Å². The number of aliphatic hydroxyl groups excluding tert-OH is 1. The predicted octanol–water partition coefficient (Wildman–Crippen LogP) is 1.80. The van der Waals surface area contributed by atoms with Crippen molar-refractivity contribution < 1.29 is 14.6 Å². The lowest BCUT2D eigenvalue weighted by molar-refractivity contribution is -0.134. The zero-order valence-corrected chi connectivity index (χ0v) is 8.41. The smallest absolute Gasteiger partial charge is 0.310 e. The number of benzene rings is 1. The van der Waals surface area contributed by atoms with Crippen LogP contribution >= 0.6 is 0 Å². The predicted molar refractivity (Wildman–Crippen MR) is 53.0 cm³/mol. The highest BCUT2D eigenvalue weighted by Gasteiger charge is 2.03. The molecular weight excluding hydrogens is 180 g/mol. The van der Waals surface area contributed by atoms with Gasteiger partial charge in [-0.25, -0.2) is 0 Å². The second kappa shape index (κ2) is 4.77. The number of hydrogen-bond donors (Lipinski definition) is 1. The van der Waals surface area contributed by atoms with E-state index in [0.29, 0.717) is 12.2 Å². The Balaban J connectivity index is 2.84. The van der Waals surface area contributed by atoms with E-state index in [1.54, 1.807) is 19.1 Å². The molecule has 1 aromatic rings. The summed E-state index contributed by atoms with van der Waals surface area (Å²) in [7, 11) is 0. The van der Waals surface area contributed by atoms with Gasteiger partial charge in [-0.2, -0.15) is 0 Å². The highest BCUT2D eigenvalue weighted by molar-refractivity contribution is 5.72. The summed E-state index contributed by atoms with van der Waals surface area (Å²) in [6.07, 6.45) is 0.350. The normalized spacial score (nSPS) is 9.93. The van der Waals surface area contributed by atoms with Crippen molar-refractivity contribution in [3.8, 4) is 5.75 Å². The van der Waals surface area contributed by atoms with Crippen LogP contribution in [-0.2, 0) is 11.4 Å². The van der Waals surface area contributed by atoms with Gasteiger partial charge in [-0.05, 0) is 30.2 Å². The zero-order valence-electron chi connectivity index (χ0n) is 8.41. The third-order valence-electron chi connectivity index (χ3n) is 2.01. The fourth-order valence-electron chi connectivity index (χ4n) is 1.09. The lowest BCUT2D eigenvalue weighted by Gasteiger charge is -2.06. The number of rotatable bonds is 3. The number of carbonyl (C=O) groups is 1. The fourth-order valence-corrected chi connectivity index (χ4v) is 1.09. The lowest BCUT2D eigenvalue weighted by atomic mass is 10.1. The zero-order chi connectivity index (χ0) is 10.6. The van der Waals surface area contributed by atoms with Gasteiger partial charge in [-0.1, -0.05) is 13.0 Å². The molecule has 3 nitrogen and oxygen atoms in total. The van der Waals surface area contributed by atoms with E-state index in [9.17, 15) is 4.79 Å². The Labute approximate surface area is 83.3 Å². The number of carbonyl (C=O) groups excluding carboxylic acids is 1. The second-order valence-corrected chi connectivity index (χ2v) is 3.07. The van der Waals surface area contributed by atoms with Crippen LogP contribution in [0.3, 0.4) is 0 Å². The maximum atomic E-state index is 11.0. The molecule has 1 aromatic carbocycles. The van der Waals surface area contributed by atoms with Gasteiger partial charge in [-0.15, -0.1) is 0 Å². The van der Waals surface area contributed by atoms with Crippen molar-refractivity contribution in [2.75, 3.05) is 0 Å². The van der Waals surface area contributed by atoms with Gasteiger partial charge in [0.1, 0.15) is 5.75 Å². The summed E-state index contributed by atoms with van der Waals surface area (Å²) in [6, 6.07) is 5.23. The average molecular weight is 194 g/mol. The van der Waals surface area contributed by atoms with Gasteiger partial charge in [0.2, 0.25) is 0 Å². The minimum absolute atomic E-state index is 0.0383. The van der Waals surface area contributed by atoms with Crippen LogP contribution in [0.1, 0.15) is 24.5 Å². The molecule has 0 atom stereocenters. The third kappa shape index (κ3) is 2.57. The second-order valence-electron chi connectivity index (χ2n) is 3.07. The van der Waals surface area contributed by atoms with Crippen molar-refractivity contribution in [2.24, 2.45) is 0 Å². The van der Waals surface area contributed by atoms with E-state index in [4.69, 9.17) is 9.84 Å². The molecule has 14 heavy (non-hydrogen) atoms. The molecule has 0 heterocycles. The average Bonchev–Trinajstić information content (AvgIpc) is 2.20. The topological polar surface area (TPSA) is 46.5 Å². The third-order valence-corrected chi connectivity index (χ3v) is 2.01. The molecule has 76 valence electrons. The molecule has 1 N–H and O–H groups in total. The van der Waals surface area contributed by atoms with Gasteiger partial charge in [0.25, 0.3) is 0 Å². The lowest BCUT2D eigenvalue weighted by Crippen LogP contribution is -2.05. The first-order valence-electron chi connectivity index (χ1n) is 4.58. The largest absolute Gasteiger partial charge is 0.427 e. The number of ether oxygens (including phenoxy) is 1. The molecule has 3 heteroatoms. The van der Waals surface area contributed by atoms with Crippen molar-refractivity contribution in [1.82, 2.24) is 0 Å². The maximum absolute atomic E-state index is 11.0. The van der Waals surface area contributed by atoms with Crippen LogP contribution in [0.2, 0.25) is 0 Å². The molecule has 0 bridgehead atoms. The standard InChI is InChI=1S/C11H14O3/c1-3-11(13)14-10-5-4-8(2)9(6-10)7-12/h4-6,12H,3,7H2,1-2H3. The molecule has 0 saturated carbocycles. The molecule has 0 aromatic heterocycles. The highest BCUT2D eigenvalue weighted by Crippen LogP contribution is 2.17. The van der Waals surface area contributed by atoms with E-state index < -0.39 is 0 Å². The molecule has 0 aliphatic carbocycles. The van der Waals surface area contributed by atoms with Crippen LogP contribution in [0.4, 0.5) is 0 Å². The SMILES string of the molecule is CCC(=O)Oc1ccc(C)c(CO)c1. The molecular formula is C11H14O3. The molecule has 0 spiro atoms. The molecule has 0 aliphatic heterocycles. The number of aliphatic hydroxyl groups is 1. The Hall–Kier alpha value is -1.35. The molecule has 1 rings (SSSR count). The Morgan fingerprint density at radius 3 is 2.79 bits per heavy atom. The quantitative estimate of drug-likeness (QED) is 0.589. The summed E-state index contributed by atoms with van der Waals surface area (Å²) >= 11 is 0. The minimum Gasteiger partial charge on any atom is -0.427 e. The summed E-state index contributed by atoms with van der Waals surface area (Å²) in [6.45, 7) is 3.60. The highest BCUT2D eigenvalue weighted by atomic mass is 16.5. The first kappa shape index (κ1) is 10.7. The van der Waals surface area contributed by atoms with Crippen LogP contribution < -0.4 is 4.74 Å². The fraction of sp³-hybridized carbons (Fsp3) is 0.364. The Morgan fingerprint density at radius 2 is 2.21 bits per heavy atom. The molecule has 0 aliphatic rings. The molecule has 0 fully saturated rings. The van der Waals surface area contributed by atoms with Gasteiger partial charge in [-0.3, -0.25) is 4.79 Å². The van der Waals surface area contributed by atoms with E-state index in [2.05, 4.69) is 0 Å². The van der Waals surface area contributed by atoms with Crippen molar-refractivity contribution in [1.29, 1.82) is 0 Å². The van der Waals surface area contributed by atoms with Crippen molar-refractivity contribution in [2.45, 2.75) is 26.9 Å². The summed E-state index contributed by atoms with van der Waals surface area (Å²) in [5, 5.41) is 8.99.